The Morgan fingerprint density at radius 3 is 2.21 bits per heavy atom. The van der Waals surface area contributed by atoms with Crippen LogP contribution in [-0.4, -0.2) is 52.3 Å². The maximum atomic E-state index is 11.0. The smallest absolute Gasteiger partial charge is 0.0639 e. The molecule has 0 amide bonds. The Morgan fingerprint density at radius 2 is 1.56 bits per heavy atom. The third kappa shape index (κ3) is 4.73. The number of hydrogen-bond acceptors (Lipinski definition) is 4. The van der Waals surface area contributed by atoms with Crippen LogP contribution in [0.4, 0.5) is 0 Å². The van der Waals surface area contributed by atoms with Crippen molar-refractivity contribution < 1.29 is 20.1 Å². The molecular formula is C34H59IO4. The van der Waals surface area contributed by atoms with Crippen molar-refractivity contribution in [1.82, 2.24) is 0 Å². The van der Waals surface area contributed by atoms with Gasteiger partial charge in [0.1, 0.15) is 0 Å². The van der Waals surface area contributed by atoms with Crippen LogP contribution in [0, 0.1) is 50.2 Å². The lowest BCUT2D eigenvalue weighted by atomic mass is 9.33. The second-order valence-electron chi connectivity index (χ2n) is 16.1. The highest BCUT2D eigenvalue weighted by molar-refractivity contribution is 14.1. The summed E-state index contributed by atoms with van der Waals surface area (Å²) in [5.41, 5.74) is 2.31. The standard InChI is InChI=1S/C33H56O4.CH3I/c1-28(2)19-23-22-9-10-25-30(4)13-12-26(36)31(5,21-35)24(30)11-14-33(25,7)32(22,6)16-15-29(23,3)27(20-28)37-18-8-17-34;1-2/h9,23-27,34-36H,8,10-21H2,1-7H3;1H3. The van der Waals surface area contributed by atoms with E-state index in [-0.39, 0.29) is 46.4 Å². The molecule has 4 nitrogen and oxygen atoms in total. The molecule has 226 valence electrons. The van der Waals surface area contributed by atoms with Crippen molar-refractivity contribution in [3.63, 3.8) is 0 Å². The molecule has 0 radical (unpaired) electrons. The minimum absolute atomic E-state index is 0.0867. The van der Waals surface area contributed by atoms with Crippen LogP contribution in [0.15, 0.2) is 11.6 Å². The summed E-state index contributed by atoms with van der Waals surface area (Å²) in [6, 6.07) is 0. The number of halogens is 1. The van der Waals surface area contributed by atoms with Crippen molar-refractivity contribution >= 4 is 22.6 Å². The van der Waals surface area contributed by atoms with E-state index in [4.69, 9.17) is 4.74 Å². The second-order valence-corrected chi connectivity index (χ2v) is 16.1. The summed E-state index contributed by atoms with van der Waals surface area (Å²) in [6.07, 6.45) is 13.4. The third-order valence-electron chi connectivity index (χ3n) is 13.8. The van der Waals surface area contributed by atoms with Gasteiger partial charge >= 0.3 is 0 Å². The summed E-state index contributed by atoms with van der Waals surface area (Å²) >= 11 is 2.15. The monoisotopic (exact) mass is 658 g/mol. The normalized spacial score (nSPS) is 50.3. The molecule has 3 N–H and O–H groups in total. The Bertz CT molecular complexity index is 919. The van der Waals surface area contributed by atoms with Gasteiger partial charge in [0.25, 0.3) is 0 Å². The molecule has 39 heavy (non-hydrogen) atoms. The van der Waals surface area contributed by atoms with Crippen molar-refractivity contribution in [2.75, 3.05) is 24.8 Å². The largest absolute Gasteiger partial charge is 0.396 e. The van der Waals surface area contributed by atoms with E-state index in [1.54, 1.807) is 5.57 Å². The number of fused-ring (bicyclic) bond motifs is 7. The highest BCUT2D eigenvalue weighted by Crippen LogP contribution is 2.75. The van der Waals surface area contributed by atoms with E-state index in [0.29, 0.717) is 24.4 Å². The number of allylic oxidation sites excluding steroid dienone is 2. The summed E-state index contributed by atoms with van der Waals surface area (Å²) in [7, 11) is 0. The Labute approximate surface area is 253 Å². The van der Waals surface area contributed by atoms with E-state index in [2.05, 4.69) is 77.1 Å². The molecule has 0 aromatic rings. The van der Waals surface area contributed by atoms with Crippen LogP contribution in [0.1, 0.15) is 113 Å². The molecule has 4 fully saturated rings. The molecule has 0 bridgehead atoms. The van der Waals surface area contributed by atoms with Crippen molar-refractivity contribution in [2.24, 2.45) is 50.2 Å². The second kappa shape index (κ2) is 11.1. The van der Waals surface area contributed by atoms with Crippen molar-refractivity contribution in [1.29, 1.82) is 0 Å². The van der Waals surface area contributed by atoms with Crippen LogP contribution in [0.3, 0.4) is 0 Å². The molecule has 0 saturated heterocycles. The van der Waals surface area contributed by atoms with Gasteiger partial charge in [0.15, 0.2) is 0 Å². The molecule has 0 spiro atoms. The molecular weight excluding hydrogens is 599 g/mol. The van der Waals surface area contributed by atoms with Gasteiger partial charge in [0.05, 0.1) is 18.8 Å². The summed E-state index contributed by atoms with van der Waals surface area (Å²) in [4.78, 5) is 1.97. The summed E-state index contributed by atoms with van der Waals surface area (Å²) in [5.74, 6) is 1.51. The number of hydrogen-bond donors (Lipinski definition) is 3. The van der Waals surface area contributed by atoms with E-state index >= 15 is 0 Å². The van der Waals surface area contributed by atoms with Gasteiger partial charge in [-0.1, -0.05) is 82.7 Å². The first kappa shape index (κ1) is 32.2. The lowest BCUT2D eigenvalue weighted by molar-refractivity contribution is -0.220. The van der Waals surface area contributed by atoms with Gasteiger partial charge in [0, 0.05) is 24.0 Å². The van der Waals surface area contributed by atoms with E-state index < -0.39 is 11.5 Å². The zero-order chi connectivity index (χ0) is 29.1. The first-order valence-corrected chi connectivity index (χ1v) is 18.0. The van der Waals surface area contributed by atoms with Crippen LogP contribution in [0.25, 0.3) is 0 Å². The Kier molecular flexibility index (Phi) is 9.17. The third-order valence-corrected chi connectivity index (χ3v) is 13.8. The summed E-state index contributed by atoms with van der Waals surface area (Å²) in [5, 5.41) is 30.8. The molecule has 5 rings (SSSR count). The summed E-state index contributed by atoms with van der Waals surface area (Å²) in [6.45, 7) is 18.2. The molecule has 5 heteroatoms. The van der Waals surface area contributed by atoms with Crippen molar-refractivity contribution in [3.8, 4) is 0 Å². The molecule has 5 aliphatic rings. The quantitative estimate of drug-likeness (QED) is 0.123. The molecule has 10 unspecified atom stereocenters. The van der Waals surface area contributed by atoms with Crippen molar-refractivity contribution in [3.05, 3.63) is 11.6 Å². The lowest BCUT2D eigenvalue weighted by Gasteiger charge is -2.71. The molecule has 5 aliphatic carbocycles. The maximum absolute atomic E-state index is 11.0. The topological polar surface area (TPSA) is 69.9 Å². The predicted molar refractivity (Wildman–Crippen MR) is 169 cm³/mol. The summed E-state index contributed by atoms with van der Waals surface area (Å²) < 4.78 is 6.57. The van der Waals surface area contributed by atoms with Crippen LogP contribution in [0.5, 0.6) is 0 Å². The average molecular weight is 659 g/mol. The predicted octanol–water partition coefficient (Wildman–Crippen LogP) is 7.57. The number of alkyl halides is 1. The molecule has 0 heterocycles. The van der Waals surface area contributed by atoms with Crippen LogP contribution in [-0.2, 0) is 4.74 Å². The van der Waals surface area contributed by atoms with Crippen LogP contribution >= 0.6 is 22.6 Å². The van der Waals surface area contributed by atoms with Crippen molar-refractivity contribution in [2.45, 2.75) is 125 Å². The molecule has 10 atom stereocenters. The first-order valence-electron chi connectivity index (χ1n) is 15.8. The fourth-order valence-corrected chi connectivity index (χ4v) is 11.2. The first-order chi connectivity index (χ1) is 18.2. The minimum atomic E-state index is -0.396. The Hall–Kier alpha value is 0.310. The average Bonchev–Trinajstić information content (AvgIpc) is 2.89. The van der Waals surface area contributed by atoms with E-state index in [0.717, 1.165) is 38.5 Å². The van der Waals surface area contributed by atoms with Gasteiger partial charge in [-0.15, -0.1) is 0 Å². The number of aliphatic hydroxyl groups excluding tert-OH is 3. The molecule has 0 aromatic carbocycles. The number of aliphatic hydroxyl groups is 3. The molecule has 4 saturated carbocycles. The van der Waals surface area contributed by atoms with Gasteiger partial charge in [-0.3, -0.25) is 0 Å². The highest BCUT2D eigenvalue weighted by Gasteiger charge is 2.69. The SMILES string of the molecule is CC1(C)CC(OCCCO)C2(C)CCC3(C)C(=CCC4C5(C)CCC(O)C(C)(CO)C5CCC43C)C2C1.CI. The fraction of sp³-hybridized carbons (Fsp3) is 0.941. The highest BCUT2D eigenvalue weighted by atomic mass is 127. The van der Waals surface area contributed by atoms with Gasteiger partial charge in [-0.25, -0.2) is 0 Å². The maximum Gasteiger partial charge on any atom is 0.0639 e. The number of rotatable bonds is 5. The minimum Gasteiger partial charge on any atom is -0.396 e. The van der Waals surface area contributed by atoms with E-state index in [1.807, 2.05) is 4.93 Å². The van der Waals surface area contributed by atoms with Gasteiger partial charge in [0.2, 0.25) is 0 Å². The molecule has 0 aromatic heterocycles. The van der Waals surface area contributed by atoms with E-state index in [9.17, 15) is 15.3 Å². The van der Waals surface area contributed by atoms with Gasteiger partial charge in [-0.05, 0) is 109 Å². The van der Waals surface area contributed by atoms with Crippen LogP contribution in [0.2, 0.25) is 0 Å². The Balaban J connectivity index is 0.00000172. The zero-order valence-electron chi connectivity index (χ0n) is 26.3. The lowest BCUT2D eigenvalue weighted by Crippen LogP contribution is -2.66. The van der Waals surface area contributed by atoms with Gasteiger partial charge < -0.3 is 20.1 Å². The number of ether oxygens (including phenoxy) is 1. The zero-order valence-corrected chi connectivity index (χ0v) is 28.4. The Morgan fingerprint density at radius 1 is 0.872 bits per heavy atom. The van der Waals surface area contributed by atoms with Gasteiger partial charge in [-0.2, -0.15) is 0 Å². The van der Waals surface area contributed by atoms with E-state index in [1.165, 1.54) is 25.7 Å². The van der Waals surface area contributed by atoms with Crippen LogP contribution < -0.4 is 0 Å². The molecule has 0 aliphatic heterocycles. The fourth-order valence-electron chi connectivity index (χ4n) is 11.2.